The van der Waals surface area contributed by atoms with Gasteiger partial charge < -0.3 is 14.0 Å². The van der Waals surface area contributed by atoms with Gasteiger partial charge in [-0.3, -0.25) is 9.40 Å². The summed E-state index contributed by atoms with van der Waals surface area (Å²) in [7, 11) is 0.357. The van der Waals surface area contributed by atoms with Crippen molar-refractivity contribution in [1.82, 2.24) is 14.9 Å². The SMILES string of the molecule is COc1cc(Cn2cccn2)cc2onc(NS(=O)CCC3CCOC3)c12. The van der Waals surface area contributed by atoms with E-state index in [1.165, 1.54) is 0 Å². The lowest BCUT2D eigenvalue weighted by Gasteiger charge is -2.09. The zero-order valence-corrected chi connectivity index (χ0v) is 15.9. The van der Waals surface area contributed by atoms with Gasteiger partial charge in [0.25, 0.3) is 0 Å². The van der Waals surface area contributed by atoms with Gasteiger partial charge in [-0.15, -0.1) is 0 Å². The molecule has 1 aliphatic heterocycles. The summed E-state index contributed by atoms with van der Waals surface area (Å²) >= 11 is 0. The highest BCUT2D eigenvalue weighted by atomic mass is 32.2. The zero-order chi connectivity index (χ0) is 18.6. The lowest BCUT2D eigenvalue weighted by molar-refractivity contribution is 0.185. The fourth-order valence-electron chi connectivity index (χ4n) is 3.24. The number of hydrogen-bond acceptors (Lipinski definition) is 6. The fourth-order valence-corrected chi connectivity index (χ4v) is 4.24. The molecule has 1 fully saturated rings. The van der Waals surface area contributed by atoms with Gasteiger partial charge in [0.15, 0.2) is 11.4 Å². The number of fused-ring (bicyclic) bond motifs is 1. The maximum absolute atomic E-state index is 12.4. The number of anilines is 1. The first-order valence-electron chi connectivity index (χ1n) is 8.89. The molecule has 3 heterocycles. The van der Waals surface area contributed by atoms with Crippen LogP contribution < -0.4 is 9.46 Å². The van der Waals surface area contributed by atoms with Crippen molar-refractivity contribution in [3.05, 3.63) is 36.2 Å². The number of methoxy groups -OCH3 is 1. The highest BCUT2D eigenvalue weighted by molar-refractivity contribution is 7.86. The minimum absolute atomic E-state index is 0.438. The molecule has 0 bridgehead atoms. The Morgan fingerprint density at radius 2 is 2.37 bits per heavy atom. The molecule has 27 heavy (non-hydrogen) atoms. The van der Waals surface area contributed by atoms with Crippen LogP contribution in [0.1, 0.15) is 18.4 Å². The summed E-state index contributed by atoms with van der Waals surface area (Å²) in [6.45, 7) is 2.16. The number of ether oxygens (including phenoxy) is 2. The van der Waals surface area contributed by atoms with Crippen LogP contribution in [0.2, 0.25) is 0 Å². The molecule has 8 nitrogen and oxygen atoms in total. The van der Waals surface area contributed by atoms with E-state index >= 15 is 0 Å². The predicted molar refractivity (Wildman–Crippen MR) is 102 cm³/mol. The lowest BCUT2D eigenvalue weighted by Crippen LogP contribution is -2.13. The van der Waals surface area contributed by atoms with Crippen LogP contribution in [0.15, 0.2) is 35.1 Å². The van der Waals surface area contributed by atoms with Crippen molar-refractivity contribution in [2.75, 3.05) is 30.8 Å². The fraction of sp³-hybridized carbons (Fsp3) is 0.444. The van der Waals surface area contributed by atoms with Gasteiger partial charge in [-0.1, -0.05) is 5.16 Å². The average Bonchev–Trinajstić information content (AvgIpc) is 3.42. The Morgan fingerprint density at radius 1 is 1.44 bits per heavy atom. The van der Waals surface area contributed by atoms with Crippen LogP contribution in [-0.4, -0.2) is 45.2 Å². The molecule has 2 atom stereocenters. The van der Waals surface area contributed by atoms with Crippen LogP contribution >= 0.6 is 0 Å². The Labute approximate surface area is 159 Å². The molecule has 4 rings (SSSR count). The summed E-state index contributed by atoms with van der Waals surface area (Å²) in [6, 6.07) is 5.70. The highest BCUT2D eigenvalue weighted by Gasteiger charge is 2.19. The molecule has 2 unspecified atom stereocenters. The largest absolute Gasteiger partial charge is 0.496 e. The second kappa shape index (κ2) is 8.10. The zero-order valence-electron chi connectivity index (χ0n) is 15.1. The number of benzene rings is 1. The van der Waals surface area contributed by atoms with Crippen molar-refractivity contribution in [1.29, 1.82) is 0 Å². The van der Waals surface area contributed by atoms with Gasteiger partial charge in [0.1, 0.15) is 22.1 Å². The van der Waals surface area contributed by atoms with Crippen molar-refractivity contribution in [3.63, 3.8) is 0 Å². The van der Waals surface area contributed by atoms with Gasteiger partial charge >= 0.3 is 0 Å². The number of nitrogens with zero attached hydrogens (tertiary/aromatic N) is 3. The summed E-state index contributed by atoms with van der Waals surface area (Å²) in [5.41, 5.74) is 1.56. The van der Waals surface area contributed by atoms with E-state index in [9.17, 15) is 4.21 Å². The molecule has 0 saturated carbocycles. The van der Waals surface area contributed by atoms with Crippen molar-refractivity contribution >= 4 is 27.8 Å². The normalized spacial score (nSPS) is 18.0. The summed E-state index contributed by atoms with van der Waals surface area (Å²) < 4.78 is 33.5. The van der Waals surface area contributed by atoms with E-state index in [4.69, 9.17) is 14.0 Å². The third-order valence-corrected chi connectivity index (χ3v) is 5.70. The molecular formula is C18H22N4O4S. The lowest BCUT2D eigenvalue weighted by atomic mass is 10.1. The van der Waals surface area contributed by atoms with E-state index in [2.05, 4.69) is 15.0 Å². The van der Waals surface area contributed by atoms with E-state index < -0.39 is 11.0 Å². The van der Waals surface area contributed by atoms with Crippen LogP contribution in [-0.2, 0) is 22.3 Å². The minimum atomic E-state index is -1.24. The molecule has 0 spiro atoms. The maximum Gasteiger partial charge on any atom is 0.192 e. The molecule has 0 aliphatic carbocycles. The molecular weight excluding hydrogens is 368 g/mol. The van der Waals surface area contributed by atoms with Crippen LogP contribution in [0.5, 0.6) is 5.75 Å². The number of hydrogen-bond donors (Lipinski definition) is 1. The first-order chi connectivity index (χ1) is 13.2. The average molecular weight is 390 g/mol. The Morgan fingerprint density at radius 3 is 3.11 bits per heavy atom. The molecule has 144 valence electrons. The van der Waals surface area contributed by atoms with Gasteiger partial charge in [-0.25, -0.2) is 4.21 Å². The number of aromatic nitrogens is 3. The summed E-state index contributed by atoms with van der Waals surface area (Å²) in [5, 5.41) is 8.96. The highest BCUT2D eigenvalue weighted by Crippen LogP contribution is 2.34. The van der Waals surface area contributed by atoms with Crippen LogP contribution in [0.3, 0.4) is 0 Å². The van der Waals surface area contributed by atoms with E-state index in [1.54, 1.807) is 13.3 Å². The summed E-state index contributed by atoms with van der Waals surface area (Å²) in [4.78, 5) is 0. The standard InChI is InChI=1S/C18H22N4O4S/c1-24-15-9-14(11-22-6-2-5-19-22)10-16-17(15)18(20-26-16)21-27(23)8-4-13-3-7-25-12-13/h2,5-6,9-10,13H,3-4,7-8,11-12H2,1H3,(H,20,21). The molecule has 1 N–H and O–H groups in total. The molecule has 2 aromatic heterocycles. The van der Waals surface area contributed by atoms with Gasteiger partial charge in [0, 0.05) is 31.4 Å². The second-order valence-corrected chi connectivity index (χ2v) is 7.88. The predicted octanol–water partition coefficient (Wildman–Crippen LogP) is 2.58. The first-order valence-corrected chi connectivity index (χ1v) is 10.2. The minimum Gasteiger partial charge on any atom is -0.496 e. The van der Waals surface area contributed by atoms with Crippen LogP contribution in [0.4, 0.5) is 5.82 Å². The number of rotatable bonds is 8. The van der Waals surface area contributed by atoms with Crippen molar-refractivity contribution in [2.45, 2.75) is 19.4 Å². The van der Waals surface area contributed by atoms with Crippen molar-refractivity contribution in [3.8, 4) is 5.75 Å². The van der Waals surface area contributed by atoms with E-state index in [0.29, 0.717) is 40.8 Å². The summed E-state index contributed by atoms with van der Waals surface area (Å²) in [6.07, 6.45) is 5.53. The third kappa shape index (κ3) is 4.14. The maximum atomic E-state index is 12.4. The third-order valence-electron chi connectivity index (χ3n) is 4.67. The Hall–Kier alpha value is -2.39. The summed E-state index contributed by atoms with van der Waals surface area (Å²) in [5.74, 6) is 2.10. The number of nitrogens with one attached hydrogen (secondary N) is 1. The van der Waals surface area contributed by atoms with Crippen LogP contribution in [0.25, 0.3) is 11.0 Å². The monoisotopic (exact) mass is 390 g/mol. The Balaban J connectivity index is 1.50. The van der Waals surface area contributed by atoms with Gasteiger partial charge in [-0.2, -0.15) is 5.10 Å². The molecule has 3 aromatic rings. The molecule has 0 amide bonds. The van der Waals surface area contributed by atoms with E-state index in [0.717, 1.165) is 31.6 Å². The molecule has 1 aromatic carbocycles. The topological polar surface area (TPSA) is 91.4 Å². The molecule has 1 saturated heterocycles. The Kier molecular flexibility index (Phi) is 5.40. The van der Waals surface area contributed by atoms with E-state index in [1.807, 2.05) is 29.1 Å². The van der Waals surface area contributed by atoms with E-state index in [-0.39, 0.29) is 0 Å². The van der Waals surface area contributed by atoms with Crippen molar-refractivity contribution < 1.29 is 18.2 Å². The first kappa shape index (κ1) is 18.0. The van der Waals surface area contributed by atoms with Crippen LogP contribution in [0, 0.1) is 5.92 Å². The Bertz CT molecular complexity index is 919. The van der Waals surface area contributed by atoms with Gasteiger partial charge in [-0.05, 0) is 42.5 Å². The smallest absolute Gasteiger partial charge is 0.192 e. The van der Waals surface area contributed by atoms with Gasteiger partial charge in [0.05, 0.1) is 13.7 Å². The quantitative estimate of drug-likeness (QED) is 0.636. The second-order valence-electron chi connectivity index (χ2n) is 6.58. The van der Waals surface area contributed by atoms with Crippen molar-refractivity contribution in [2.24, 2.45) is 5.92 Å². The van der Waals surface area contributed by atoms with Gasteiger partial charge in [0.2, 0.25) is 0 Å². The molecule has 1 aliphatic rings. The molecule has 9 heteroatoms. The molecule has 0 radical (unpaired) electrons.